The van der Waals surface area contributed by atoms with Gasteiger partial charge in [-0.3, -0.25) is 4.98 Å². The van der Waals surface area contributed by atoms with Crippen molar-refractivity contribution < 1.29 is 5.11 Å². The van der Waals surface area contributed by atoms with Gasteiger partial charge in [-0.1, -0.05) is 0 Å². The molecule has 66 valence electrons. The Bertz CT molecular complexity index is 260. The molecule has 0 radical (unpaired) electrons. The van der Waals surface area contributed by atoms with Crippen molar-refractivity contribution in [1.82, 2.24) is 4.98 Å². The van der Waals surface area contributed by atoms with E-state index in [-0.39, 0.29) is 6.04 Å². The predicted molar refractivity (Wildman–Crippen MR) is 47.6 cm³/mol. The third-order valence-electron chi connectivity index (χ3n) is 1.83. The monoisotopic (exact) mass is 166 g/mol. The van der Waals surface area contributed by atoms with E-state index in [0.717, 1.165) is 11.3 Å². The van der Waals surface area contributed by atoms with Gasteiger partial charge in [-0.2, -0.15) is 0 Å². The van der Waals surface area contributed by atoms with Gasteiger partial charge >= 0.3 is 0 Å². The molecule has 0 amide bonds. The van der Waals surface area contributed by atoms with E-state index in [1.807, 2.05) is 19.1 Å². The van der Waals surface area contributed by atoms with Gasteiger partial charge in [-0.05, 0) is 31.5 Å². The highest BCUT2D eigenvalue weighted by atomic mass is 16.3. The zero-order chi connectivity index (χ0) is 9.14. The summed E-state index contributed by atoms with van der Waals surface area (Å²) >= 11 is 0. The van der Waals surface area contributed by atoms with E-state index in [9.17, 15) is 5.11 Å². The van der Waals surface area contributed by atoms with Crippen molar-refractivity contribution in [3.63, 3.8) is 0 Å². The van der Waals surface area contributed by atoms with Gasteiger partial charge in [-0.25, -0.2) is 0 Å². The third kappa shape index (κ3) is 2.03. The fourth-order valence-electron chi connectivity index (χ4n) is 1.05. The number of aliphatic hydroxyl groups excluding tert-OH is 1. The molecule has 3 heteroatoms. The van der Waals surface area contributed by atoms with Gasteiger partial charge in [0, 0.05) is 11.9 Å². The van der Waals surface area contributed by atoms with E-state index in [0.29, 0.717) is 0 Å². The van der Waals surface area contributed by atoms with Crippen LogP contribution in [0.4, 0.5) is 0 Å². The minimum absolute atomic E-state index is 0.313. The molecule has 3 N–H and O–H groups in total. The maximum Gasteiger partial charge on any atom is 0.0704 e. The van der Waals surface area contributed by atoms with Crippen molar-refractivity contribution in [3.8, 4) is 0 Å². The molecule has 1 aromatic heterocycles. The average Bonchev–Trinajstić information content (AvgIpc) is 2.03. The van der Waals surface area contributed by atoms with Crippen LogP contribution in [-0.2, 0) is 0 Å². The van der Waals surface area contributed by atoms with Gasteiger partial charge in [0.1, 0.15) is 0 Å². The zero-order valence-electron chi connectivity index (χ0n) is 7.36. The lowest BCUT2D eigenvalue weighted by atomic mass is 10.0. The highest BCUT2D eigenvalue weighted by Gasteiger charge is 2.11. The van der Waals surface area contributed by atoms with E-state index < -0.39 is 6.10 Å². The standard InChI is InChI=1S/C9H14N2O/c1-6-5-8(3-4-11-6)9(10)7(2)12/h3-5,7,9,12H,10H2,1-2H3/t7-,9-/m1/s1. The molecule has 0 bridgehead atoms. The maximum absolute atomic E-state index is 9.22. The topological polar surface area (TPSA) is 59.1 Å². The molecule has 0 saturated carbocycles. The van der Waals surface area contributed by atoms with Crippen LogP contribution in [0.1, 0.15) is 24.2 Å². The first-order valence-electron chi connectivity index (χ1n) is 3.97. The first kappa shape index (κ1) is 9.16. The highest BCUT2D eigenvalue weighted by molar-refractivity contribution is 5.19. The molecule has 0 aliphatic rings. The van der Waals surface area contributed by atoms with Crippen molar-refractivity contribution in [2.45, 2.75) is 26.0 Å². The summed E-state index contributed by atoms with van der Waals surface area (Å²) in [6, 6.07) is 3.40. The van der Waals surface area contributed by atoms with Crippen LogP contribution < -0.4 is 5.73 Å². The summed E-state index contributed by atoms with van der Waals surface area (Å²) in [5.41, 5.74) is 7.58. The van der Waals surface area contributed by atoms with Crippen LogP contribution in [0.5, 0.6) is 0 Å². The molecule has 0 aliphatic carbocycles. The lowest BCUT2D eigenvalue weighted by Gasteiger charge is -2.14. The van der Waals surface area contributed by atoms with Crippen molar-refractivity contribution in [1.29, 1.82) is 0 Å². The Morgan fingerprint density at radius 3 is 2.75 bits per heavy atom. The van der Waals surface area contributed by atoms with Crippen molar-refractivity contribution >= 4 is 0 Å². The normalized spacial score (nSPS) is 15.7. The Kier molecular flexibility index (Phi) is 2.78. The average molecular weight is 166 g/mol. The van der Waals surface area contributed by atoms with Gasteiger partial charge in [0.25, 0.3) is 0 Å². The lowest BCUT2D eigenvalue weighted by Crippen LogP contribution is -2.23. The number of rotatable bonds is 2. The van der Waals surface area contributed by atoms with Crippen LogP contribution in [0, 0.1) is 6.92 Å². The summed E-state index contributed by atoms with van der Waals surface area (Å²) in [6.07, 6.45) is 1.18. The summed E-state index contributed by atoms with van der Waals surface area (Å²) in [5.74, 6) is 0. The largest absolute Gasteiger partial charge is 0.391 e. The predicted octanol–water partition coefficient (Wildman–Crippen LogP) is 0.771. The quantitative estimate of drug-likeness (QED) is 0.682. The van der Waals surface area contributed by atoms with Crippen LogP contribution in [0.2, 0.25) is 0 Å². The molecule has 0 aromatic carbocycles. The Morgan fingerprint density at radius 2 is 2.25 bits per heavy atom. The molecule has 0 fully saturated rings. The molecular formula is C9H14N2O. The number of aromatic nitrogens is 1. The van der Waals surface area contributed by atoms with Crippen LogP contribution in [0.15, 0.2) is 18.3 Å². The smallest absolute Gasteiger partial charge is 0.0704 e. The summed E-state index contributed by atoms with van der Waals surface area (Å²) in [7, 11) is 0. The molecule has 1 aromatic rings. The van der Waals surface area contributed by atoms with Gasteiger partial charge in [0.05, 0.1) is 12.1 Å². The fraction of sp³-hybridized carbons (Fsp3) is 0.444. The van der Waals surface area contributed by atoms with Gasteiger partial charge in [-0.15, -0.1) is 0 Å². The second-order valence-corrected chi connectivity index (χ2v) is 3.00. The molecular weight excluding hydrogens is 152 g/mol. The first-order chi connectivity index (χ1) is 5.61. The molecule has 1 rings (SSSR count). The number of nitrogens with two attached hydrogens (primary N) is 1. The number of aliphatic hydroxyl groups is 1. The maximum atomic E-state index is 9.22. The first-order valence-corrected chi connectivity index (χ1v) is 3.97. The molecule has 12 heavy (non-hydrogen) atoms. The molecule has 0 aliphatic heterocycles. The van der Waals surface area contributed by atoms with Crippen LogP contribution in [-0.4, -0.2) is 16.2 Å². The Labute approximate surface area is 72.2 Å². The second kappa shape index (κ2) is 3.65. The summed E-state index contributed by atoms with van der Waals surface area (Å²) in [4.78, 5) is 4.04. The van der Waals surface area contributed by atoms with Crippen LogP contribution in [0.25, 0.3) is 0 Å². The van der Waals surface area contributed by atoms with E-state index >= 15 is 0 Å². The van der Waals surface area contributed by atoms with Gasteiger partial charge in [0.2, 0.25) is 0 Å². The van der Waals surface area contributed by atoms with E-state index in [1.165, 1.54) is 0 Å². The molecule has 0 saturated heterocycles. The number of nitrogens with zero attached hydrogens (tertiary/aromatic N) is 1. The minimum Gasteiger partial charge on any atom is -0.391 e. The highest BCUT2D eigenvalue weighted by Crippen LogP contribution is 2.13. The van der Waals surface area contributed by atoms with Crippen molar-refractivity contribution in [2.75, 3.05) is 0 Å². The van der Waals surface area contributed by atoms with Crippen molar-refractivity contribution in [3.05, 3.63) is 29.6 Å². The third-order valence-corrected chi connectivity index (χ3v) is 1.83. The van der Waals surface area contributed by atoms with Crippen LogP contribution in [0.3, 0.4) is 0 Å². The molecule has 2 atom stereocenters. The Balaban J connectivity index is 2.88. The summed E-state index contributed by atoms with van der Waals surface area (Å²) < 4.78 is 0. The van der Waals surface area contributed by atoms with Gasteiger partial charge in [0.15, 0.2) is 0 Å². The summed E-state index contributed by atoms with van der Waals surface area (Å²) in [6.45, 7) is 3.58. The van der Waals surface area contributed by atoms with Gasteiger partial charge < -0.3 is 10.8 Å². The number of hydrogen-bond acceptors (Lipinski definition) is 3. The SMILES string of the molecule is Cc1cc([C@H](N)[C@@H](C)O)ccn1. The van der Waals surface area contributed by atoms with E-state index in [4.69, 9.17) is 5.73 Å². The summed E-state index contributed by atoms with van der Waals surface area (Å²) in [5, 5.41) is 9.22. The molecule has 0 spiro atoms. The molecule has 0 unspecified atom stereocenters. The number of pyridine rings is 1. The molecule has 1 heterocycles. The minimum atomic E-state index is -0.521. The second-order valence-electron chi connectivity index (χ2n) is 3.00. The zero-order valence-corrected chi connectivity index (χ0v) is 7.36. The Hall–Kier alpha value is -0.930. The fourth-order valence-corrected chi connectivity index (χ4v) is 1.05. The van der Waals surface area contributed by atoms with E-state index in [1.54, 1.807) is 13.1 Å². The molecule has 3 nitrogen and oxygen atoms in total. The van der Waals surface area contributed by atoms with Crippen molar-refractivity contribution in [2.24, 2.45) is 5.73 Å². The lowest BCUT2D eigenvalue weighted by molar-refractivity contribution is 0.164. The van der Waals surface area contributed by atoms with Crippen LogP contribution >= 0.6 is 0 Å². The number of hydrogen-bond donors (Lipinski definition) is 2. The Morgan fingerprint density at radius 1 is 1.58 bits per heavy atom. The van der Waals surface area contributed by atoms with E-state index in [2.05, 4.69) is 4.98 Å². The number of aryl methyl sites for hydroxylation is 1.